The summed E-state index contributed by atoms with van der Waals surface area (Å²) in [5.41, 5.74) is 1.44. The Bertz CT molecular complexity index is 753. The molecular formula is C15H10ClNO2S. The van der Waals surface area contributed by atoms with Gasteiger partial charge in [-0.1, -0.05) is 35.9 Å². The molecule has 3 rings (SSSR count). The molecule has 0 fully saturated rings. The zero-order chi connectivity index (χ0) is 14.1. The van der Waals surface area contributed by atoms with Gasteiger partial charge in [-0.05, 0) is 24.3 Å². The molecule has 100 valence electrons. The molecule has 0 amide bonds. The third-order valence-electron chi connectivity index (χ3n) is 2.85. The maximum atomic E-state index is 9.99. The van der Waals surface area contributed by atoms with Crippen LogP contribution in [0.4, 0.5) is 0 Å². The van der Waals surface area contributed by atoms with Gasteiger partial charge < -0.3 is 10.2 Å². The second-order valence-electron chi connectivity index (χ2n) is 4.20. The number of halogens is 1. The van der Waals surface area contributed by atoms with E-state index >= 15 is 0 Å². The summed E-state index contributed by atoms with van der Waals surface area (Å²) >= 11 is 7.17. The van der Waals surface area contributed by atoms with E-state index in [1.165, 1.54) is 11.3 Å². The van der Waals surface area contributed by atoms with Gasteiger partial charge in [-0.25, -0.2) is 4.98 Å². The average molecular weight is 304 g/mol. The maximum Gasteiger partial charge on any atom is 0.230 e. The minimum Gasteiger partial charge on any atom is -0.507 e. The first-order valence-corrected chi connectivity index (χ1v) is 7.08. The predicted molar refractivity (Wildman–Crippen MR) is 81.3 cm³/mol. The first-order chi connectivity index (χ1) is 9.65. The lowest BCUT2D eigenvalue weighted by atomic mass is 10.2. The number of aromatic hydroxyl groups is 2. The van der Waals surface area contributed by atoms with Crippen molar-refractivity contribution in [1.29, 1.82) is 0 Å². The Morgan fingerprint density at radius 3 is 2.35 bits per heavy atom. The van der Waals surface area contributed by atoms with Gasteiger partial charge in [0.15, 0.2) is 0 Å². The fraction of sp³-hybridized carbons (Fsp3) is 0. The largest absolute Gasteiger partial charge is 0.507 e. The average Bonchev–Trinajstić information content (AvgIpc) is 2.82. The Kier molecular flexibility index (Phi) is 3.34. The molecule has 0 unspecified atom stereocenters. The van der Waals surface area contributed by atoms with Crippen molar-refractivity contribution in [3.05, 3.63) is 53.6 Å². The van der Waals surface area contributed by atoms with Crippen LogP contribution in [0.3, 0.4) is 0 Å². The predicted octanol–water partition coefficient (Wildman–Crippen LogP) is 4.54. The molecule has 3 aromatic rings. The fourth-order valence-corrected chi connectivity index (χ4v) is 2.99. The summed E-state index contributed by atoms with van der Waals surface area (Å²) in [7, 11) is 0. The summed E-state index contributed by atoms with van der Waals surface area (Å²) in [6, 6.07) is 14.1. The molecule has 0 bridgehead atoms. The van der Waals surface area contributed by atoms with E-state index in [4.69, 9.17) is 11.6 Å². The Morgan fingerprint density at radius 1 is 0.950 bits per heavy atom. The number of phenols is 1. The highest BCUT2D eigenvalue weighted by atomic mass is 35.5. The second-order valence-corrected chi connectivity index (χ2v) is 5.63. The number of aromatic nitrogens is 1. The van der Waals surface area contributed by atoms with Gasteiger partial charge in [0.1, 0.15) is 15.6 Å². The van der Waals surface area contributed by atoms with Gasteiger partial charge in [-0.2, -0.15) is 0 Å². The molecule has 0 radical (unpaired) electrons. The monoisotopic (exact) mass is 303 g/mol. The Labute approximate surface area is 124 Å². The van der Waals surface area contributed by atoms with Crippen molar-refractivity contribution < 1.29 is 10.2 Å². The Morgan fingerprint density at radius 2 is 1.65 bits per heavy atom. The topological polar surface area (TPSA) is 53.4 Å². The van der Waals surface area contributed by atoms with E-state index < -0.39 is 0 Å². The molecule has 0 aliphatic rings. The molecule has 0 spiro atoms. The van der Waals surface area contributed by atoms with E-state index in [0.717, 1.165) is 5.56 Å². The van der Waals surface area contributed by atoms with Crippen LogP contribution in [-0.2, 0) is 0 Å². The van der Waals surface area contributed by atoms with E-state index in [9.17, 15) is 10.2 Å². The maximum absolute atomic E-state index is 9.99. The van der Waals surface area contributed by atoms with Gasteiger partial charge in [0.25, 0.3) is 0 Å². The van der Waals surface area contributed by atoms with Crippen LogP contribution in [0.1, 0.15) is 0 Å². The summed E-state index contributed by atoms with van der Waals surface area (Å²) in [6.07, 6.45) is 0. The lowest BCUT2D eigenvalue weighted by molar-refractivity contribution is 0.456. The lowest BCUT2D eigenvalue weighted by Crippen LogP contribution is -1.75. The van der Waals surface area contributed by atoms with E-state index in [1.807, 2.05) is 12.1 Å². The van der Waals surface area contributed by atoms with Crippen LogP contribution in [0, 0.1) is 0 Å². The normalized spacial score (nSPS) is 10.7. The van der Waals surface area contributed by atoms with Crippen molar-refractivity contribution in [3.63, 3.8) is 0 Å². The summed E-state index contributed by atoms with van der Waals surface area (Å²) in [5, 5.41) is 21.2. The third-order valence-corrected chi connectivity index (χ3v) is 4.23. The van der Waals surface area contributed by atoms with Crippen LogP contribution in [0.15, 0.2) is 48.5 Å². The molecule has 20 heavy (non-hydrogen) atoms. The molecule has 0 aliphatic carbocycles. The van der Waals surface area contributed by atoms with Crippen LogP contribution in [-0.4, -0.2) is 15.2 Å². The zero-order valence-corrected chi connectivity index (χ0v) is 11.8. The Balaban J connectivity index is 2.08. The van der Waals surface area contributed by atoms with E-state index in [1.54, 1.807) is 36.4 Å². The standard InChI is InChI=1S/C15H10ClNO2S/c16-10-7-5-9(6-8-10)15-17-14(19)13(20-15)11-3-1-2-4-12(11)18/h1-8,18-19H. The van der Waals surface area contributed by atoms with Gasteiger partial charge in [0.2, 0.25) is 5.88 Å². The van der Waals surface area contributed by atoms with Gasteiger partial charge in [0.05, 0.1) is 0 Å². The van der Waals surface area contributed by atoms with E-state index in [-0.39, 0.29) is 11.6 Å². The summed E-state index contributed by atoms with van der Waals surface area (Å²) < 4.78 is 0. The zero-order valence-electron chi connectivity index (χ0n) is 10.2. The van der Waals surface area contributed by atoms with Crippen LogP contribution in [0.5, 0.6) is 11.6 Å². The molecule has 0 aliphatic heterocycles. The van der Waals surface area contributed by atoms with Crippen molar-refractivity contribution in [3.8, 4) is 32.6 Å². The number of thiazole rings is 1. The van der Waals surface area contributed by atoms with E-state index in [0.29, 0.717) is 20.5 Å². The van der Waals surface area contributed by atoms with Crippen LogP contribution in [0.25, 0.3) is 21.0 Å². The van der Waals surface area contributed by atoms with Gasteiger partial charge in [0, 0.05) is 16.1 Å². The SMILES string of the molecule is Oc1ccccc1-c1sc(-c2ccc(Cl)cc2)nc1O. The van der Waals surface area contributed by atoms with Crippen molar-refractivity contribution in [2.24, 2.45) is 0 Å². The second kappa shape index (κ2) is 5.15. The van der Waals surface area contributed by atoms with Crippen molar-refractivity contribution in [1.82, 2.24) is 4.98 Å². The first kappa shape index (κ1) is 13.0. The molecular weight excluding hydrogens is 294 g/mol. The van der Waals surface area contributed by atoms with E-state index in [2.05, 4.69) is 4.98 Å². The molecule has 3 nitrogen and oxygen atoms in total. The number of rotatable bonds is 2. The highest BCUT2D eigenvalue weighted by Crippen LogP contribution is 2.42. The molecule has 1 heterocycles. The van der Waals surface area contributed by atoms with Gasteiger partial charge in [-0.15, -0.1) is 11.3 Å². The van der Waals surface area contributed by atoms with Crippen LogP contribution in [0.2, 0.25) is 5.02 Å². The number of benzene rings is 2. The van der Waals surface area contributed by atoms with Crippen molar-refractivity contribution in [2.75, 3.05) is 0 Å². The van der Waals surface area contributed by atoms with Gasteiger partial charge in [-0.3, -0.25) is 0 Å². The summed E-state index contributed by atoms with van der Waals surface area (Å²) in [4.78, 5) is 4.70. The molecule has 0 atom stereocenters. The molecule has 0 saturated heterocycles. The number of phenolic OH excluding ortho intramolecular Hbond substituents is 1. The number of nitrogens with zero attached hydrogens (tertiary/aromatic N) is 1. The first-order valence-electron chi connectivity index (χ1n) is 5.89. The molecule has 0 saturated carbocycles. The lowest BCUT2D eigenvalue weighted by Gasteiger charge is -2.00. The van der Waals surface area contributed by atoms with Crippen LogP contribution < -0.4 is 0 Å². The molecule has 5 heteroatoms. The Hall–Kier alpha value is -2.04. The fourth-order valence-electron chi connectivity index (χ4n) is 1.87. The minimum absolute atomic E-state index is 0.0820. The minimum atomic E-state index is -0.0820. The highest BCUT2D eigenvalue weighted by molar-refractivity contribution is 7.18. The number of para-hydroxylation sites is 1. The van der Waals surface area contributed by atoms with Crippen LogP contribution >= 0.6 is 22.9 Å². The summed E-state index contributed by atoms with van der Waals surface area (Å²) in [5.74, 6) is 0.0376. The smallest absolute Gasteiger partial charge is 0.230 e. The van der Waals surface area contributed by atoms with Crippen molar-refractivity contribution >= 4 is 22.9 Å². The molecule has 1 aromatic heterocycles. The summed E-state index contributed by atoms with van der Waals surface area (Å²) in [6.45, 7) is 0. The van der Waals surface area contributed by atoms with Gasteiger partial charge >= 0.3 is 0 Å². The van der Waals surface area contributed by atoms with Crippen molar-refractivity contribution in [2.45, 2.75) is 0 Å². The molecule has 2 aromatic carbocycles. The molecule has 2 N–H and O–H groups in total. The third kappa shape index (κ3) is 2.35. The number of hydrogen-bond acceptors (Lipinski definition) is 4. The quantitative estimate of drug-likeness (QED) is 0.730. The highest BCUT2D eigenvalue weighted by Gasteiger charge is 2.15. The number of hydrogen-bond donors (Lipinski definition) is 2.